The van der Waals surface area contributed by atoms with Crippen LogP contribution in [0.3, 0.4) is 0 Å². The highest BCUT2D eigenvalue weighted by atomic mass is 127. The first-order valence-electron chi connectivity index (χ1n) is 9.93. The molecule has 170 valence electrons. The molecule has 4 rings (SSSR count). The van der Waals surface area contributed by atoms with E-state index in [9.17, 15) is 19.2 Å². The van der Waals surface area contributed by atoms with Crippen LogP contribution in [0.15, 0.2) is 67.9 Å². The van der Waals surface area contributed by atoms with Gasteiger partial charge in [0.15, 0.2) is 0 Å². The fourth-order valence-corrected chi connectivity index (χ4v) is 6.23. The number of hydrogen-bond donors (Lipinski definition) is 1. The summed E-state index contributed by atoms with van der Waals surface area (Å²) in [5, 5.41) is 3.04. The van der Waals surface area contributed by atoms with Gasteiger partial charge < -0.3 is 10.1 Å². The monoisotopic (exact) mass is 577 g/mol. The van der Waals surface area contributed by atoms with Crippen LogP contribution in [0.1, 0.15) is 22.2 Å². The number of amides is 1. The van der Waals surface area contributed by atoms with E-state index in [1.54, 1.807) is 13.1 Å². The summed E-state index contributed by atoms with van der Waals surface area (Å²) in [4.78, 5) is 50.5. The van der Waals surface area contributed by atoms with Gasteiger partial charge in [0, 0.05) is 23.2 Å². The third-order valence-electron chi connectivity index (χ3n) is 4.81. The first kappa shape index (κ1) is 23.1. The molecule has 0 unspecified atom stereocenters. The maximum atomic E-state index is 13.1. The molecule has 0 saturated heterocycles. The highest BCUT2D eigenvalue weighted by Gasteiger charge is 2.19. The molecule has 0 atom stereocenters. The first-order valence-corrected chi connectivity index (χ1v) is 13.1. The van der Waals surface area contributed by atoms with E-state index in [1.165, 1.54) is 22.1 Å². The Bertz CT molecular complexity index is 1460. The molecule has 1 aliphatic rings. The van der Waals surface area contributed by atoms with Crippen LogP contribution in [0.5, 0.6) is 0 Å². The summed E-state index contributed by atoms with van der Waals surface area (Å²) >= 11 is 0.480. The molecule has 2 aromatic heterocycles. The lowest BCUT2D eigenvalue weighted by atomic mass is 10.2. The second-order valence-corrected chi connectivity index (χ2v) is 10.9. The summed E-state index contributed by atoms with van der Waals surface area (Å²) in [5.41, 5.74) is 0.706. The van der Waals surface area contributed by atoms with Gasteiger partial charge in [-0.05, 0) is 27.9 Å². The summed E-state index contributed by atoms with van der Waals surface area (Å²) in [7, 11) is 1.58. The van der Waals surface area contributed by atoms with Gasteiger partial charge in [-0.2, -0.15) is 0 Å². The van der Waals surface area contributed by atoms with Crippen LogP contribution in [0.25, 0.3) is 10.2 Å². The van der Waals surface area contributed by atoms with E-state index in [4.69, 9.17) is 4.74 Å². The van der Waals surface area contributed by atoms with Gasteiger partial charge in [0.05, 0.1) is 11.9 Å². The van der Waals surface area contributed by atoms with Gasteiger partial charge in [-0.1, -0.05) is 51.1 Å². The number of carbonyl (C=O) groups excluding carboxylic acids is 2. The van der Waals surface area contributed by atoms with Crippen molar-refractivity contribution in [3.8, 4) is 0 Å². The summed E-state index contributed by atoms with van der Waals surface area (Å²) in [6, 6.07) is 10.8. The zero-order valence-corrected chi connectivity index (χ0v) is 20.8. The largest absolute Gasteiger partial charge is 0.457 e. The highest BCUT2D eigenvalue weighted by Crippen LogP contribution is 2.23. The second kappa shape index (κ2) is 9.79. The Morgan fingerprint density at radius 1 is 1.15 bits per heavy atom. The Morgan fingerprint density at radius 3 is 2.58 bits per heavy atom. The van der Waals surface area contributed by atoms with E-state index in [0.29, 0.717) is 10.2 Å². The van der Waals surface area contributed by atoms with E-state index in [2.05, 4.69) is 5.32 Å². The minimum Gasteiger partial charge on any atom is -0.457 e. The number of carbonyl (C=O) groups is 2. The Hall–Kier alpha value is -3.12. The lowest BCUT2D eigenvalue weighted by molar-refractivity contribution is -0.118. The van der Waals surface area contributed by atoms with Crippen molar-refractivity contribution in [1.29, 1.82) is 0 Å². The third kappa shape index (κ3) is 5.11. The minimum absolute atomic E-state index is 0.124. The van der Waals surface area contributed by atoms with Crippen molar-refractivity contribution in [3.05, 3.63) is 89.6 Å². The summed E-state index contributed by atoms with van der Waals surface area (Å²) in [6.45, 7) is 1.73. The maximum absolute atomic E-state index is 13.1. The molecule has 0 bridgehead atoms. The molecular weight excluding hydrogens is 557 g/mol. The average molecular weight is 577 g/mol. The SMILES string of the molecule is CC(=O)NC1=CI=C(Cn2c(=O)c3cc(C(=O)OCc4ccccc4)sc3n(C)c2=O)C=C1. The molecular formula is C23H20IN3O5S. The van der Waals surface area contributed by atoms with Crippen LogP contribution < -0.4 is 16.6 Å². The predicted molar refractivity (Wildman–Crippen MR) is 137 cm³/mol. The molecule has 0 spiro atoms. The van der Waals surface area contributed by atoms with Gasteiger partial charge in [0.2, 0.25) is 5.91 Å². The number of rotatable bonds is 6. The number of aromatic nitrogens is 2. The summed E-state index contributed by atoms with van der Waals surface area (Å²) in [6.07, 6.45) is 3.61. The number of allylic oxidation sites excluding steroid dienone is 2. The van der Waals surface area contributed by atoms with Gasteiger partial charge in [-0.3, -0.25) is 18.7 Å². The van der Waals surface area contributed by atoms with Gasteiger partial charge in [0.25, 0.3) is 5.56 Å². The van der Waals surface area contributed by atoms with Gasteiger partial charge >= 0.3 is 11.7 Å². The van der Waals surface area contributed by atoms with Crippen molar-refractivity contribution in [2.75, 3.05) is 0 Å². The normalized spacial score (nSPS) is 13.2. The molecule has 1 aliphatic heterocycles. The molecule has 3 heterocycles. The fourth-order valence-electron chi connectivity index (χ4n) is 3.21. The number of aryl methyl sites for hydroxylation is 1. The van der Waals surface area contributed by atoms with E-state index in [-0.39, 0.29) is 23.9 Å². The highest BCUT2D eigenvalue weighted by molar-refractivity contribution is 14.2. The first-order chi connectivity index (χ1) is 15.8. The van der Waals surface area contributed by atoms with Crippen molar-refractivity contribution in [2.24, 2.45) is 7.05 Å². The Labute approximate surface area is 202 Å². The topological polar surface area (TPSA) is 99.4 Å². The number of nitrogens with zero attached hydrogens (tertiary/aromatic N) is 2. The van der Waals surface area contributed by atoms with Gasteiger partial charge in [0.1, 0.15) is 16.3 Å². The van der Waals surface area contributed by atoms with Crippen LogP contribution >= 0.6 is 32.1 Å². The molecule has 33 heavy (non-hydrogen) atoms. The number of benzene rings is 1. The number of halogens is 1. The van der Waals surface area contributed by atoms with E-state index >= 15 is 0 Å². The molecule has 1 N–H and O–H groups in total. The molecule has 1 aromatic carbocycles. The Balaban J connectivity index is 1.61. The van der Waals surface area contributed by atoms with Crippen LogP contribution in [0.2, 0.25) is 0 Å². The fraction of sp³-hybridized carbons (Fsp3) is 0.174. The van der Waals surface area contributed by atoms with Crippen LogP contribution in [-0.2, 0) is 29.7 Å². The van der Waals surface area contributed by atoms with E-state index in [1.807, 2.05) is 40.5 Å². The zero-order valence-electron chi connectivity index (χ0n) is 17.8. The van der Waals surface area contributed by atoms with Crippen LogP contribution in [-0.4, -0.2) is 24.5 Å². The number of fused-ring (bicyclic) bond motifs is 1. The quantitative estimate of drug-likeness (QED) is 0.359. The molecule has 0 fully saturated rings. The van der Waals surface area contributed by atoms with Crippen molar-refractivity contribution in [2.45, 2.75) is 20.1 Å². The second-order valence-electron chi connectivity index (χ2n) is 7.26. The van der Waals surface area contributed by atoms with Crippen molar-refractivity contribution >= 4 is 57.7 Å². The Morgan fingerprint density at radius 2 is 1.91 bits per heavy atom. The van der Waals surface area contributed by atoms with Crippen LogP contribution in [0, 0.1) is 0 Å². The predicted octanol–water partition coefficient (Wildman–Crippen LogP) is 2.81. The lowest BCUT2D eigenvalue weighted by Crippen LogP contribution is -2.40. The third-order valence-corrected chi connectivity index (χ3v) is 8.48. The molecule has 1 amide bonds. The molecule has 0 radical (unpaired) electrons. The van der Waals surface area contributed by atoms with Crippen molar-refractivity contribution in [3.63, 3.8) is 0 Å². The van der Waals surface area contributed by atoms with Crippen molar-refractivity contribution < 1.29 is 14.3 Å². The zero-order chi connectivity index (χ0) is 23.5. The number of hydrogen-bond acceptors (Lipinski definition) is 6. The van der Waals surface area contributed by atoms with Crippen molar-refractivity contribution in [1.82, 2.24) is 14.5 Å². The molecule has 8 nitrogen and oxygen atoms in total. The smallest absolute Gasteiger partial charge is 0.348 e. The minimum atomic E-state index is -0.588. The maximum Gasteiger partial charge on any atom is 0.348 e. The molecule has 0 saturated carbocycles. The standard InChI is InChI=1S/C23H20IN3O5S/c1-14(28)25-17-9-8-16(24-11-17)12-27-20(29)18-10-19(33-21(18)26(2)23(27)31)22(30)32-13-15-6-4-3-5-7-15/h3-11H,12-13H2,1-2H3,(H,25,28). The summed E-state index contributed by atoms with van der Waals surface area (Å²) < 4.78 is 10.8. The average Bonchev–Trinajstić information content (AvgIpc) is 3.26. The van der Waals surface area contributed by atoms with Crippen LogP contribution in [0.4, 0.5) is 0 Å². The van der Waals surface area contributed by atoms with E-state index in [0.717, 1.165) is 26.1 Å². The molecule has 10 heteroatoms. The van der Waals surface area contributed by atoms with E-state index < -0.39 is 37.9 Å². The summed E-state index contributed by atoms with van der Waals surface area (Å²) in [5.74, 6) is -0.686. The number of thiophene rings is 1. The molecule has 3 aromatic rings. The number of ether oxygens (including phenoxy) is 1. The van der Waals surface area contributed by atoms with Gasteiger partial charge in [-0.25, -0.2) is 9.59 Å². The van der Waals surface area contributed by atoms with Gasteiger partial charge in [-0.15, -0.1) is 11.3 Å². The lowest BCUT2D eigenvalue weighted by Gasteiger charge is -2.11. The Kier molecular flexibility index (Phi) is 6.84. The molecule has 0 aliphatic carbocycles. The number of esters is 1. The number of nitrogens with one attached hydrogen (secondary N) is 1.